The van der Waals surface area contributed by atoms with Gasteiger partial charge in [0.2, 0.25) is 5.89 Å². The summed E-state index contributed by atoms with van der Waals surface area (Å²) in [5.41, 5.74) is 0.980. The highest BCUT2D eigenvalue weighted by Gasteiger charge is 2.30. The van der Waals surface area contributed by atoms with Crippen LogP contribution in [-0.4, -0.2) is 40.8 Å². The smallest absolute Gasteiger partial charge is 0.306 e. The summed E-state index contributed by atoms with van der Waals surface area (Å²) in [5.74, 6) is 1.31. The first-order valence-corrected chi connectivity index (χ1v) is 10.6. The predicted molar refractivity (Wildman–Crippen MR) is 110 cm³/mol. The zero-order chi connectivity index (χ0) is 21.6. The van der Waals surface area contributed by atoms with Gasteiger partial charge in [0, 0.05) is 0 Å². The molecule has 1 fully saturated rings. The van der Waals surface area contributed by atoms with Crippen molar-refractivity contribution in [2.24, 2.45) is 5.92 Å². The third kappa shape index (κ3) is 5.38. The van der Waals surface area contributed by atoms with Crippen molar-refractivity contribution in [3.05, 3.63) is 59.9 Å². The van der Waals surface area contributed by atoms with Crippen molar-refractivity contribution >= 4 is 5.97 Å². The van der Waals surface area contributed by atoms with Crippen molar-refractivity contribution in [1.82, 2.24) is 15.1 Å². The van der Waals surface area contributed by atoms with Gasteiger partial charge in [-0.25, -0.2) is 4.39 Å². The Labute approximate surface area is 180 Å². The Morgan fingerprint density at radius 2 is 2.00 bits per heavy atom. The molecule has 2 aromatic heterocycles. The van der Waals surface area contributed by atoms with Crippen LogP contribution in [0.2, 0.25) is 0 Å². The van der Waals surface area contributed by atoms with E-state index in [0.717, 1.165) is 31.5 Å². The lowest BCUT2D eigenvalue weighted by molar-refractivity contribution is -0.144. The molecule has 0 spiro atoms. The maximum Gasteiger partial charge on any atom is 0.306 e. The molecule has 0 unspecified atom stereocenters. The number of furan rings is 1. The van der Waals surface area contributed by atoms with Gasteiger partial charge in [-0.15, -0.1) is 10.2 Å². The fraction of sp³-hybridized carbons (Fsp3) is 0.435. The first-order chi connectivity index (χ1) is 15.1. The topological polar surface area (TPSA) is 81.6 Å². The van der Waals surface area contributed by atoms with Crippen LogP contribution in [-0.2, 0) is 16.1 Å². The zero-order valence-electron chi connectivity index (χ0n) is 17.5. The summed E-state index contributed by atoms with van der Waals surface area (Å²) >= 11 is 0. The number of ether oxygens (including phenoxy) is 1. The van der Waals surface area contributed by atoms with Gasteiger partial charge < -0.3 is 13.6 Å². The minimum absolute atomic E-state index is 0.00996. The lowest BCUT2D eigenvalue weighted by Gasteiger charge is -2.35. The first kappa shape index (κ1) is 21.2. The van der Waals surface area contributed by atoms with Gasteiger partial charge in [0.15, 0.2) is 5.76 Å². The number of esters is 1. The Hall–Kier alpha value is -3.00. The van der Waals surface area contributed by atoms with Crippen LogP contribution in [0, 0.1) is 11.7 Å². The van der Waals surface area contributed by atoms with Crippen molar-refractivity contribution in [3.63, 3.8) is 0 Å². The van der Waals surface area contributed by atoms with E-state index in [1.54, 1.807) is 37.5 Å². The van der Waals surface area contributed by atoms with Gasteiger partial charge in [0.05, 0.1) is 25.8 Å². The molecule has 0 radical (unpaired) electrons. The zero-order valence-corrected chi connectivity index (χ0v) is 17.5. The molecule has 164 valence electrons. The second-order valence-electron chi connectivity index (χ2n) is 7.76. The van der Waals surface area contributed by atoms with Gasteiger partial charge in [-0.1, -0.05) is 12.1 Å². The van der Waals surface area contributed by atoms with Crippen molar-refractivity contribution in [2.45, 2.75) is 38.6 Å². The largest absolute Gasteiger partial charge is 0.466 e. The number of carbonyl (C=O) groups excluding carboxylic acids is 1. The third-order valence-electron chi connectivity index (χ3n) is 5.75. The fourth-order valence-corrected chi connectivity index (χ4v) is 4.19. The molecule has 1 aliphatic rings. The van der Waals surface area contributed by atoms with E-state index in [-0.39, 0.29) is 17.7 Å². The van der Waals surface area contributed by atoms with Crippen LogP contribution in [0.15, 0.2) is 51.5 Å². The highest BCUT2D eigenvalue weighted by Crippen LogP contribution is 2.36. The molecule has 1 atom stereocenters. The number of carbonyl (C=O) groups is 1. The molecule has 8 heteroatoms. The summed E-state index contributed by atoms with van der Waals surface area (Å²) in [7, 11) is 0. The van der Waals surface area contributed by atoms with Gasteiger partial charge in [0.1, 0.15) is 5.82 Å². The number of hydrogen-bond acceptors (Lipinski definition) is 7. The quantitative estimate of drug-likeness (QED) is 0.492. The molecule has 1 aromatic carbocycles. The van der Waals surface area contributed by atoms with E-state index in [2.05, 4.69) is 15.1 Å². The number of halogens is 1. The molecule has 3 aromatic rings. The average molecular weight is 427 g/mol. The number of nitrogens with zero attached hydrogens (tertiary/aromatic N) is 3. The molecule has 0 bridgehead atoms. The number of aromatic nitrogens is 2. The first-order valence-electron chi connectivity index (χ1n) is 10.6. The molecule has 0 amide bonds. The van der Waals surface area contributed by atoms with Crippen molar-refractivity contribution in [3.8, 4) is 11.7 Å². The van der Waals surface area contributed by atoms with E-state index in [0.29, 0.717) is 43.0 Å². The predicted octanol–water partition coefficient (Wildman–Crippen LogP) is 4.42. The average Bonchev–Trinajstić information content (AvgIpc) is 3.46. The molecule has 31 heavy (non-hydrogen) atoms. The van der Waals surface area contributed by atoms with Crippen LogP contribution in [0.1, 0.15) is 43.6 Å². The number of piperidine rings is 1. The van der Waals surface area contributed by atoms with Crippen LogP contribution in [0.25, 0.3) is 11.7 Å². The molecule has 4 rings (SSSR count). The molecule has 1 aliphatic heterocycles. The third-order valence-corrected chi connectivity index (χ3v) is 5.75. The van der Waals surface area contributed by atoms with Crippen molar-refractivity contribution in [2.75, 3.05) is 19.7 Å². The van der Waals surface area contributed by atoms with E-state index < -0.39 is 0 Å². The van der Waals surface area contributed by atoms with Crippen LogP contribution in [0.3, 0.4) is 0 Å². The van der Waals surface area contributed by atoms with Crippen LogP contribution in [0.4, 0.5) is 4.39 Å². The second-order valence-corrected chi connectivity index (χ2v) is 7.76. The standard InChI is InChI=1S/C23H26FN3O4/c1-2-29-22(28)14-19(16-5-7-18(24)8-6-16)17-9-11-27(12-10-17)15-21-25-26-23(31-21)20-4-3-13-30-20/h3-8,13,17,19H,2,9-12,14-15H2,1H3/t19-/m0/s1. The van der Waals surface area contributed by atoms with Gasteiger partial charge >= 0.3 is 5.97 Å². The number of rotatable bonds is 8. The van der Waals surface area contributed by atoms with Crippen molar-refractivity contribution in [1.29, 1.82) is 0 Å². The van der Waals surface area contributed by atoms with Gasteiger partial charge in [-0.2, -0.15) is 0 Å². The van der Waals surface area contributed by atoms with E-state index in [4.69, 9.17) is 13.6 Å². The molecule has 3 heterocycles. The summed E-state index contributed by atoms with van der Waals surface area (Å²) in [5, 5.41) is 8.17. The Balaban J connectivity index is 1.37. The number of benzene rings is 1. The van der Waals surface area contributed by atoms with Crippen LogP contribution in [0.5, 0.6) is 0 Å². The molecule has 1 saturated heterocycles. The minimum atomic E-state index is -0.276. The molecular formula is C23H26FN3O4. The molecule has 0 N–H and O–H groups in total. The number of hydrogen-bond donors (Lipinski definition) is 0. The Kier molecular flexibility index (Phi) is 6.76. The maximum atomic E-state index is 13.4. The fourth-order valence-electron chi connectivity index (χ4n) is 4.19. The van der Waals surface area contributed by atoms with Crippen LogP contribution < -0.4 is 0 Å². The van der Waals surface area contributed by atoms with Gasteiger partial charge in [-0.05, 0) is 74.5 Å². The summed E-state index contributed by atoms with van der Waals surface area (Å²) < 4.78 is 29.6. The molecule has 0 aliphatic carbocycles. The summed E-state index contributed by atoms with van der Waals surface area (Å²) in [6.07, 6.45) is 3.71. The molecule has 7 nitrogen and oxygen atoms in total. The maximum absolute atomic E-state index is 13.4. The molecular weight excluding hydrogens is 401 g/mol. The second kappa shape index (κ2) is 9.87. The van der Waals surface area contributed by atoms with Gasteiger partial charge in [0.25, 0.3) is 5.89 Å². The lowest BCUT2D eigenvalue weighted by atomic mass is 9.78. The van der Waals surface area contributed by atoms with E-state index in [9.17, 15) is 9.18 Å². The monoisotopic (exact) mass is 427 g/mol. The summed E-state index contributed by atoms with van der Waals surface area (Å²) in [6.45, 7) is 4.43. The Morgan fingerprint density at radius 3 is 2.68 bits per heavy atom. The summed E-state index contributed by atoms with van der Waals surface area (Å²) in [4.78, 5) is 14.5. The SMILES string of the molecule is CCOC(=O)C[C@@H](c1ccc(F)cc1)C1CCN(Cc2nnc(-c3ccco3)o2)CC1. The van der Waals surface area contributed by atoms with Crippen molar-refractivity contribution < 1.29 is 22.8 Å². The van der Waals surface area contributed by atoms with E-state index in [1.807, 2.05) is 0 Å². The summed E-state index contributed by atoms with van der Waals surface area (Å²) in [6, 6.07) is 10.0. The number of likely N-dealkylation sites (tertiary alicyclic amines) is 1. The van der Waals surface area contributed by atoms with E-state index >= 15 is 0 Å². The van der Waals surface area contributed by atoms with Crippen LogP contribution >= 0.6 is 0 Å². The lowest BCUT2D eigenvalue weighted by Crippen LogP contribution is -2.35. The van der Waals surface area contributed by atoms with Gasteiger partial charge in [-0.3, -0.25) is 9.69 Å². The Morgan fingerprint density at radius 1 is 1.23 bits per heavy atom. The minimum Gasteiger partial charge on any atom is -0.466 e. The highest BCUT2D eigenvalue weighted by atomic mass is 19.1. The molecule has 0 saturated carbocycles. The highest BCUT2D eigenvalue weighted by molar-refractivity contribution is 5.70. The normalized spacial score (nSPS) is 16.3. The van der Waals surface area contributed by atoms with E-state index in [1.165, 1.54) is 12.1 Å². The Bertz CT molecular complexity index is 963.